The molecule has 0 aromatic heterocycles. The third-order valence-corrected chi connectivity index (χ3v) is 3.36. The number of nitrogens with two attached hydrogens (primary N) is 1. The minimum atomic E-state index is -0.873. The molecular formula is C13H14F2N2O2. The van der Waals surface area contributed by atoms with E-state index in [4.69, 9.17) is 5.73 Å². The molecule has 2 N–H and O–H groups in total. The van der Waals surface area contributed by atoms with Gasteiger partial charge in [-0.1, -0.05) is 6.07 Å². The zero-order valence-corrected chi connectivity index (χ0v) is 10.2. The molecule has 6 heteroatoms. The highest BCUT2D eigenvalue weighted by Crippen LogP contribution is 2.21. The summed E-state index contributed by atoms with van der Waals surface area (Å²) in [6.07, 6.45) is 0.855. The molecule has 0 unspecified atom stereocenters. The van der Waals surface area contributed by atoms with Gasteiger partial charge in [0.05, 0.1) is 0 Å². The number of hydrogen-bond donors (Lipinski definition) is 1. The normalized spacial score (nSPS) is 16.4. The van der Waals surface area contributed by atoms with E-state index in [1.165, 1.54) is 11.0 Å². The number of primary amides is 1. The lowest BCUT2D eigenvalue weighted by molar-refractivity contribution is -0.123. The van der Waals surface area contributed by atoms with Crippen molar-refractivity contribution >= 4 is 11.8 Å². The molecule has 1 fully saturated rings. The van der Waals surface area contributed by atoms with Crippen LogP contribution in [0.25, 0.3) is 0 Å². The molecule has 0 aliphatic carbocycles. The summed E-state index contributed by atoms with van der Waals surface area (Å²) in [6.45, 7) is 0.556. The number of amides is 2. The van der Waals surface area contributed by atoms with E-state index < -0.39 is 29.0 Å². The van der Waals surface area contributed by atoms with Crippen molar-refractivity contribution in [1.82, 2.24) is 4.90 Å². The maximum absolute atomic E-state index is 13.5. The van der Waals surface area contributed by atoms with Crippen LogP contribution in [0.2, 0.25) is 0 Å². The Labute approximate surface area is 109 Å². The molecule has 1 aliphatic rings. The average molecular weight is 268 g/mol. The summed E-state index contributed by atoms with van der Waals surface area (Å²) in [7, 11) is 0. The summed E-state index contributed by atoms with van der Waals surface area (Å²) in [5.41, 5.74) is 4.64. The number of likely N-dealkylation sites (tertiary alicyclic amines) is 1. The highest BCUT2D eigenvalue weighted by Gasteiger charge is 2.29. The van der Waals surface area contributed by atoms with Crippen LogP contribution in [0.15, 0.2) is 18.2 Å². The first-order valence-electron chi connectivity index (χ1n) is 6.03. The maximum atomic E-state index is 13.5. The SMILES string of the molecule is NC(=O)C1CCN(C(=O)c2c(F)cccc2F)CC1. The number of halogens is 2. The number of carbonyl (C=O) groups is 2. The summed E-state index contributed by atoms with van der Waals surface area (Å²) < 4.78 is 27.0. The summed E-state index contributed by atoms with van der Waals surface area (Å²) in [4.78, 5) is 24.4. The molecule has 0 saturated carbocycles. The van der Waals surface area contributed by atoms with Gasteiger partial charge in [0.1, 0.15) is 17.2 Å². The van der Waals surface area contributed by atoms with Crippen molar-refractivity contribution in [3.63, 3.8) is 0 Å². The molecule has 0 bridgehead atoms. The molecule has 102 valence electrons. The van der Waals surface area contributed by atoms with E-state index in [0.717, 1.165) is 12.1 Å². The lowest BCUT2D eigenvalue weighted by Crippen LogP contribution is -2.42. The Kier molecular flexibility index (Phi) is 3.78. The van der Waals surface area contributed by atoms with Crippen LogP contribution in [0.4, 0.5) is 8.78 Å². The van der Waals surface area contributed by atoms with Gasteiger partial charge >= 0.3 is 0 Å². The van der Waals surface area contributed by atoms with Crippen molar-refractivity contribution in [3.8, 4) is 0 Å². The van der Waals surface area contributed by atoms with Crippen LogP contribution in [0.1, 0.15) is 23.2 Å². The molecule has 0 atom stereocenters. The van der Waals surface area contributed by atoms with Crippen molar-refractivity contribution in [3.05, 3.63) is 35.4 Å². The fourth-order valence-electron chi connectivity index (χ4n) is 2.23. The van der Waals surface area contributed by atoms with Gasteiger partial charge in [-0.05, 0) is 25.0 Å². The average Bonchev–Trinajstić information content (AvgIpc) is 2.38. The molecule has 0 radical (unpaired) electrons. The molecule has 0 spiro atoms. The minimum Gasteiger partial charge on any atom is -0.369 e. The molecule has 1 aromatic carbocycles. The quantitative estimate of drug-likeness (QED) is 0.878. The number of nitrogens with zero attached hydrogens (tertiary/aromatic N) is 1. The smallest absolute Gasteiger partial charge is 0.259 e. The first-order chi connectivity index (χ1) is 9.00. The van der Waals surface area contributed by atoms with E-state index in [-0.39, 0.29) is 19.0 Å². The molecule has 19 heavy (non-hydrogen) atoms. The predicted molar refractivity (Wildman–Crippen MR) is 64.2 cm³/mol. The van der Waals surface area contributed by atoms with Gasteiger partial charge in [-0.2, -0.15) is 0 Å². The van der Waals surface area contributed by atoms with Gasteiger partial charge < -0.3 is 10.6 Å². The molecule has 1 aromatic rings. The fourth-order valence-corrected chi connectivity index (χ4v) is 2.23. The number of hydrogen-bond acceptors (Lipinski definition) is 2. The molecule has 1 aliphatic heterocycles. The Balaban J connectivity index is 2.12. The number of benzene rings is 1. The van der Waals surface area contributed by atoms with Crippen LogP contribution in [0.5, 0.6) is 0 Å². The Morgan fingerprint density at radius 3 is 2.16 bits per heavy atom. The van der Waals surface area contributed by atoms with Crippen molar-refractivity contribution in [2.24, 2.45) is 11.7 Å². The van der Waals surface area contributed by atoms with E-state index in [1.807, 2.05) is 0 Å². The lowest BCUT2D eigenvalue weighted by atomic mass is 9.96. The van der Waals surface area contributed by atoms with Gasteiger partial charge in [0.2, 0.25) is 5.91 Å². The Bertz CT molecular complexity index is 491. The van der Waals surface area contributed by atoms with Gasteiger partial charge in [-0.3, -0.25) is 9.59 Å². The maximum Gasteiger partial charge on any atom is 0.259 e. The zero-order valence-electron chi connectivity index (χ0n) is 10.2. The number of piperidine rings is 1. The van der Waals surface area contributed by atoms with Crippen LogP contribution < -0.4 is 5.73 Å². The van der Waals surface area contributed by atoms with E-state index in [9.17, 15) is 18.4 Å². The highest BCUT2D eigenvalue weighted by molar-refractivity contribution is 5.95. The molecule has 2 rings (SSSR count). The van der Waals surface area contributed by atoms with E-state index in [1.54, 1.807) is 0 Å². The Morgan fingerprint density at radius 2 is 1.68 bits per heavy atom. The molecular weight excluding hydrogens is 254 g/mol. The van der Waals surface area contributed by atoms with E-state index in [0.29, 0.717) is 12.8 Å². The summed E-state index contributed by atoms with van der Waals surface area (Å²) in [5.74, 6) is -3.10. The molecule has 1 saturated heterocycles. The largest absolute Gasteiger partial charge is 0.369 e. The monoisotopic (exact) mass is 268 g/mol. The van der Waals surface area contributed by atoms with Crippen LogP contribution in [0, 0.1) is 17.6 Å². The van der Waals surface area contributed by atoms with Gasteiger partial charge in [0.15, 0.2) is 0 Å². The van der Waals surface area contributed by atoms with Gasteiger partial charge in [0.25, 0.3) is 5.91 Å². The van der Waals surface area contributed by atoms with Gasteiger partial charge in [-0.15, -0.1) is 0 Å². The summed E-state index contributed by atoms with van der Waals surface area (Å²) in [5, 5.41) is 0. The van der Waals surface area contributed by atoms with Crippen molar-refractivity contribution in [1.29, 1.82) is 0 Å². The summed E-state index contributed by atoms with van der Waals surface area (Å²) in [6, 6.07) is 3.31. The molecule has 2 amide bonds. The van der Waals surface area contributed by atoms with Crippen LogP contribution in [-0.4, -0.2) is 29.8 Å². The zero-order chi connectivity index (χ0) is 14.0. The first-order valence-corrected chi connectivity index (χ1v) is 6.03. The van der Waals surface area contributed by atoms with E-state index >= 15 is 0 Å². The number of carbonyl (C=O) groups excluding carboxylic acids is 2. The minimum absolute atomic E-state index is 0.269. The van der Waals surface area contributed by atoms with Crippen molar-refractivity contribution in [2.75, 3.05) is 13.1 Å². The molecule has 1 heterocycles. The van der Waals surface area contributed by atoms with Crippen molar-refractivity contribution < 1.29 is 18.4 Å². The second-order valence-electron chi connectivity index (χ2n) is 4.57. The third-order valence-electron chi connectivity index (χ3n) is 3.36. The summed E-state index contributed by atoms with van der Waals surface area (Å²) >= 11 is 0. The fraction of sp³-hybridized carbons (Fsp3) is 0.385. The van der Waals surface area contributed by atoms with Gasteiger partial charge in [-0.25, -0.2) is 8.78 Å². The Morgan fingerprint density at radius 1 is 1.16 bits per heavy atom. The van der Waals surface area contributed by atoms with Crippen LogP contribution in [-0.2, 0) is 4.79 Å². The van der Waals surface area contributed by atoms with Crippen molar-refractivity contribution in [2.45, 2.75) is 12.8 Å². The topological polar surface area (TPSA) is 63.4 Å². The van der Waals surface area contributed by atoms with Crippen LogP contribution in [0.3, 0.4) is 0 Å². The van der Waals surface area contributed by atoms with Gasteiger partial charge in [0, 0.05) is 19.0 Å². The lowest BCUT2D eigenvalue weighted by Gasteiger charge is -2.30. The second kappa shape index (κ2) is 5.34. The second-order valence-corrected chi connectivity index (χ2v) is 4.57. The highest BCUT2D eigenvalue weighted by atomic mass is 19.1. The van der Waals surface area contributed by atoms with E-state index in [2.05, 4.69) is 0 Å². The standard InChI is InChI=1S/C13H14F2N2O2/c14-9-2-1-3-10(15)11(9)13(19)17-6-4-8(5-7-17)12(16)18/h1-3,8H,4-7H2,(H2,16,18). The van der Waals surface area contributed by atoms with Crippen LogP contribution >= 0.6 is 0 Å². The predicted octanol–water partition coefficient (Wildman–Crippen LogP) is 1.30. The molecule has 4 nitrogen and oxygen atoms in total. The third kappa shape index (κ3) is 2.72. The number of rotatable bonds is 2. The Hall–Kier alpha value is -1.98. The first kappa shape index (κ1) is 13.5.